The molecular weight excluding hydrogens is 212 g/mol. The minimum Gasteiger partial charge on any atom is -0.481 e. The first-order valence-corrected chi connectivity index (χ1v) is 5.72. The maximum absolute atomic E-state index is 10.6. The van der Waals surface area contributed by atoms with Crippen molar-refractivity contribution in [1.82, 2.24) is 0 Å². The van der Waals surface area contributed by atoms with Crippen molar-refractivity contribution in [1.29, 1.82) is 0 Å². The lowest BCUT2D eigenvalue weighted by Crippen LogP contribution is -2.03. The van der Waals surface area contributed by atoms with Gasteiger partial charge in [0.05, 0.1) is 0 Å². The van der Waals surface area contributed by atoms with E-state index < -0.39 is 5.97 Å². The van der Waals surface area contributed by atoms with Gasteiger partial charge in [-0.2, -0.15) is 0 Å². The lowest BCUT2D eigenvalue weighted by molar-refractivity contribution is -0.136. The number of hydrogen-bond acceptors (Lipinski definition) is 1. The molecule has 0 aliphatic heterocycles. The van der Waals surface area contributed by atoms with Gasteiger partial charge in [0, 0.05) is 6.42 Å². The minimum absolute atomic E-state index is 0.168. The van der Waals surface area contributed by atoms with Gasteiger partial charge in [0.1, 0.15) is 0 Å². The summed E-state index contributed by atoms with van der Waals surface area (Å²) in [7, 11) is 0. The second-order valence-corrected chi connectivity index (χ2v) is 3.93. The summed E-state index contributed by atoms with van der Waals surface area (Å²) in [6.45, 7) is 7.49. The summed E-state index contributed by atoms with van der Waals surface area (Å²) >= 11 is 0. The van der Waals surface area contributed by atoms with E-state index in [0.717, 1.165) is 18.4 Å². The molecule has 1 N–H and O–H groups in total. The van der Waals surface area contributed by atoms with E-state index >= 15 is 0 Å². The topological polar surface area (TPSA) is 37.3 Å². The Morgan fingerprint density at radius 1 is 1.18 bits per heavy atom. The number of allylic oxidation sites excluding steroid dienone is 2. The molecule has 0 spiro atoms. The third-order valence-electron chi connectivity index (χ3n) is 2.69. The van der Waals surface area contributed by atoms with E-state index in [4.69, 9.17) is 5.11 Å². The van der Waals surface area contributed by atoms with Crippen LogP contribution in [-0.2, 0) is 24.1 Å². The van der Waals surface area contributed by atoms with Crippen LogP contribution in [-0.4, -0.2) is 11.1 Å². The van der Waals surface area contributed by atoms with Crippen LogP contribution in [0.4, 0.5) is 0 Å². The second kappa shape index (κ2) is 6.69. The van der Waals surface area contributed by atoms with E-state index in [2.05, 4.69) is 19.2 Å². The van der Waals surface area contributed by atoms with Crippen molar-refractivity contribution in [3.05, 3.63) is 60.2 Å². The van der Waals surface area contributed by atoms with E-state index in [1.54, 1.807) is 0 Å². The van der Waals surface area contributed by atoms with Gasteiger partial charge in [-0.25, -0.2) is 0 Å². The summed E-state index contributed by atoms with van der Waals surface area (Å²) in [5, 5.41) is 8.73. The lowest BCUT2D eigenvalue weighted by Gasteiger charge is -2.12. The second-order valence-electron chi connectivity index (χ2n) is 3.93. The van der Waals surface area contributed by atoms with Crippen LogP contribution in [0.15, 0.2) is 43.5 Å². The molecule has 0 aliphatic carbocycles. The van der Waals surface area contributed by atoms with Gasteiger partial charge < -0.3 is 5.11 Å². The number of benzene rings is 1. The Morgan fingerprint density at radius 3 is 2.41 bits per heavy atom. The zero-order valence-electron chi connectivity index (χ0n) is 9.98. The Kier molecular flexibility index (Phi) is 5.21. The van der Waals surface area contributed by atoms with E-state index in [-0.39, 0.29) is 6.42 Å². The van der Waals surface area contributed by atoms with Gasteiger partial charge in [0.2, 0.25) is 0 Å². The number of aliphatic carboxylic acids is 1. The number of carboxylic acid groups (broad SMARTS) is 1. The molecule has 0 fully saturated rings. The number of rotatable bonds is 7. The van der Waals surface area contributed by atoms with Crippen LogP contribution in [0.5, 0.6) is 0 Å². The maximum Gasteiger partial charge on any atom is 0.303 e. The monoisotopic (exact) mass is 230 g/mol. The van der Waals surface area contributed by atoms with Crippen LogP contribution >= 0.6 is 0 Å². The number of aryl methyl sites for hydroxylation is 1. The minimum atomic E-state index is -0.760. The first-order valence-electron chi connectivity index (χ1n) is 5.72. The van der Waals surface area contributed by atoms with Crippen LogP contribution < -0.4 is 0 Å². The van der Waals surface area contributed by atoms with E-state index in [0.29, 0.717) is 6.42 Å². The number of carbonyl (C=O) groups is 1. The molecule has 0 saturated carbocycles. The quantitative estimate of drug-likeness (QED) is 0.730. The predicted molar refractivity (Wildman–Crippen MR) is 70.2 cm³/mol. The summed E-state index contributed by atoms with van der Waals surface area (Å²) in [5.41, 5.74) is 3.51. The number of hydrogen-bond donors (Lipinski definition) is 1. The van der Waals surface area contributed by atoms with Crippen LogP contribution in [0.25, 0.3) is 0 Å². The molecule has 0 aromatic heterocycles. The molecule has 0 atom stereocenters. The molecule has 17 heavy (non-hydrogen) atoms. The van der Waals surface area contributed by atoms with Gasteiger partial charge in [-0.3, -0.25) is 4.79 Å². The standard InChI is InChI=1S/C15H18O2/c1-3-6-12-8-5-9-13(10-11-15(16)17)14(12)7-4-2/h3-5,8-9H,1-2,6-7,10-11H2,(H,16,17). The zero-order chi connectivity index (χ0) is 12.7. The summed E-state index contributed by atoms with van der Waals surface area (Å²) in [4.78, 5) is 10.6. The van der Waals surface area contributed by atoms with Crippen molar-refractivity contribution in [3.8, 4) is 0 Å². The molecule has 0 amide bonds. The Hall–Kier alpha value is -1.83. The summed E-state index contributed by atoms with van der Waals surface area (Å²) in [6, 6.07) is 6.03. The largest absolute Gasteiger partial charge is 0.481 e. The maximum atomic E-state index is 10.6. The first kappa shape index (κ1) is 13.2. The van der Waals surface area contributed by atoms with Gasteiger partial charge in [-0.1, -0.05) is 30.4 Å². The highest BCUT2D eigenvalue weighted by atomic mass is 16.4. The fourth-order valence-electron chi connectivity index (χ4n) is 1.92. The third kappa shape index (κ3) is 3.91. The average molecular weight is 230 g/mol. The number of carboxylic acids is 1. The van der Waals surface area contributed by atoms with Crippen LogP contribution in [0.1, 0.15) is 23.1 Å². The highest BCUT2D eigenvalue weighted by Crippen LogP contribution is 2.18. The van der Waals surface area contributed by atoms with Gasteiger partial charge in [-0.15, -0.1) is 13.2 Å². The fourth-order valence-corrected chi connectivity index (χ4v) is 1.92. The van der Waals surface area contributed by atoms with Gasteiger partial charge in [-0.05, 0) is 36.0 Å². The Bertz CT molecular complexity index is 419. The molecule has 1 rings (SSSR count). The molecule has 1 aromatic carbocycles. The highest BCUT2D eigenvalue weighted by molar-refractivity contribution is 5.67. The molecule has 0 unspecified atom stereocenters. The van der Waals surface area contributed by atoms with Crippen molar-refractivity contribution in [2.75, 3.05) is 0 Å². The molecule has 0 saturated heterocycles. The van der Waals surface area contributed by atoms with Crippen molar-refractivity contribution in [2.24, 2.45) is 0 Å². The molecule has 0 bridgehead atoms. The van der Waals surface area contributed by atoms with E-state index in [9.17, 15) is 4.79 Å². The Morgan fingerprint density at radius 2 is 1.82 bits per heavy atom. The molecule has 90 valence electrons. The summed E-state index contributed by atoms with van der Waals surface area (Å²) in [6.07, 6.45) is 6.04. The molecule has 0 heterocycles. The van der Waals surface area contributed by atoms with Crippen LogP contribution in [0.3, 0.4) is 0 Å². The highest BCUT2D eigenvalue weighted by Gasteiger charge is 2.07. The Labute approximate surface area is 102 Å². The van der Waals surface area contributed by atoms with Crippen LogP contribution in [0.2, 0.25) is 0 Å². The molecule has 2 nitrogen and oxygen atoms in total. The molecular formula is C15H18O2. The van der Waals surface area contributed by atoms with Crippen molar-refractivity contribution in [2.45, 2.75) is 25.7 Å². The summed E-state index contributed by atoms with van der Waals surface area (Å²) < 4.78 is 0. The smallest absolute Gasteiger partial charge is 0.303 e. The van der Waals surface area contributed by atoms with Gasteiger partial charge >= 0.3 is 5.97 Å². The fraction of sp³-hybridized carbons (Fsp3) is 0.267. The SMILES string of the molecule is C=CCc1cccc(CCC(=O)O)c1CC=C. The predicted octanol–water partition coefficient (Wildman–Crippen LogP) is 3.16. The van der Waals surface area contributed by atoms with Crippen molar-refractivity contribution >= 4 is 5.97 Å². The van der Waals surface area contributed by atoms with Crippen molar-refractivity contribution in [3.63, 3.8) is 0 Å². The Balaban J connectivity index is 3.00. The zero-order valence-corrected chi connectivity index (χ0v) is 9.98. The van der Waals surface area contributed by atoms with E-state index in [1.807, 2.05) is 24.3 Å². The van der Waals surface area contributed by atoms with Crippen molar-refractivity contribution < 1.29 is 9.90 Å². The lowest BCUT2D eigenvalue weighted by atomic mass is 9.93. The first-order chi connectivity index (χ1) is 8.19. The molecule has 0 radical (unpaired) electrons. The van der Waals surface area contributed by atoms with E-state index in [1.165, 1.54) is 11.1 Å². The average Bonchev–Trinajstić information content (AvgIpc) is 2.30. The molecule has 2 heteroatoms. The molecule has 0 aliphatic rings. The molecule has 1 aromatic rings. The van der Waals surface area contributed by atoms with Gasteiger partial charge in [0.25, 0.3) is 0 Å². The normalized spacial score (nSPS) is 9.88. The third-order valence-corrected chi connectivity index (χ3v) is 2.69. The van der Waals surface area contributed by atoms with Gasteiger partial charge in [0.15, 0.2) is 0 Å². The summed E-state index contributed by atoms with van der Waals surface area (Å²) in [5.74, 6) is -0.760. The van der Waals surface area contributed by atoms with Crippen LogP contribution in [0, 0.1) is 0 Å².